The van der Waals surface area contributed by atoms with Gasteiger partial charge in [0, 0.05) is 37.7 Å². The summed E-state index contributed by atoms with van der Waals surface area (Å²) >= 11 is 0. The molecule has 3 rings (SSSR count). The fraction of sp³-hybridized carbons (Fsp3) is 0.375. The molecule has 1 heterocycles. The molecule has 0 fully saturated rings. The number of anilines is 1. The molecule has 0 saturated heterocycles. The second-order valence-electron chi connectivity index (χ2n) is 8.52. The number of hydroxylamine groups is 1. The normalized spacial score (nSPS) is 12.5. The Bertz CT molecular complexity index is 1070. The molecule has 33 heavy (non-hydrogen) atoms. The Morgan fingerprint density at radius 2 is 1.61 bits per heavy atom. The molecule has 0 aromatic heterocycles. The van der Waals surface area contributed by atoms with Crippen molar-refractivity contribution in [3.05, 3.63) is 52.6 Å². The van der Waals surface area contributed by atoms with Crippen molar-refractivity contribution in [2.45, 2.75) is 58.5 Å². The van der Waals surface area contributed by atoms with Crippen LogP contribution in [0, 0.1) is 0 Å². The molecule has 0 atom stereocenters. The van der Waals surface area contributed by atoms with Crippen LogP contribution in [0.5, 0.6) is 11.5 Å². The van der Waals surface area contributed by atoms with Gasteiger partial charge in [0.05, 0.1) is 5.56 Å². The smallest absolute Gasteiger partial charge is 0.258 e. The molecule has 0 spiro atoms. The van der Waals surface area contributed by atoms with E-state index in [4.69, 9.17) is 5.21 Å². The molecule has 3 amide bonds. The molecule has 5 N–H and O–H groups in total. The van der Waals surface area contributed by atoms with Gasteiger partial charge in [-0.1, -0.05) is 19.9 Å². The Kier molecular flexibility index (Phi) is 7.55. The third kappa shape index (κ3) is 5.81. The maximum Gasteiger partial charge on any atom is 0.258 e. The van der Waals surface area contributed by atoms with E-state index in [-0.39, 0.29) is 47.6 Å². The number of hydrogen-bond donors (Lipinski definition) is 5. The van der Waals surface area contributed by atoms with E-state index in [1.54, 1.807) is 16.4 Å². The van der Waals surface area contributed by atoms with Crippen molar-refractivity contribution in [1.82, 2.24) is 10.4 Å². The van der Waals surface area contributed by atoms with Gasteiger partial charge in [-0.05, 0) is 53.6 Å². The number of carbonyl (C=O) groups is 3. The van der Waals surface area contributed by atoms with E-state index in [1.165, 1.54) is 12.1 Å². The number of phenols is 2. The highest BCUT2D eigenvalue weighted by Gasteiger charge is 2.27. The zero-order valence-corrected chi connectivity index (χ0v) is 18.7. The first-order valence-corrected chi connectivity index (χ1v) is 10.9. The zero-order valence-electron chi connectivity index (χ0n) is 18.7. The molecule has 0 unspecified atom stereocenters. The van der Waals surface area contributed by atoms with E-state index in [0.717, 1.165) is 11.1 Å². The van der Waals surface area contributed by atoms with Gasteiger partial charge in [-0.15, -0.1) is 0 Å². The second-order valence-corrected chi connectivity index (χ2v) is 8.52. The molecule has 1 aliphatic rings. The lowest BCUT2D eigenvalue weighted by molar-refractivity contribution is -0.129. The quantitative estimate of drug-likeness (QED) is 0.235. The number of rotatable bonds is 8. The van der Waals surface area contributed by atoms with Crippen molar-refractivity contribution >= 4 is 23.4 Å². The highest BCUT2D eigenvalue weighted by molar-refractivity contribution is 5.98. The average molecular weight is 456 g/mol. The second kappa shape index (κ2) is 10.4. The molecule has 2 aromatic rings. The van der Waals surface area contributed by atoms with Crippen LogP contribution in [0.25, 0.3) is 0 Å². The summed E-state index contributed by atoms with van der Waals surface area (Å²) in [6, 6.07) is 8.21. The molecule has 0 saturated carbocycles. The van der Waals surface area contributed by atoms with Gasteiger partial charge in [0.15, 0.2) is 0 Å². The van der Waals surface area contributed by atoms with Gasteiger partial charge in [-0.25, -0.2) is 5.48 Å². The highest BCUT2D eigenvalue weighted by Crippen LogP contribution is 2.34. The summed E-state index contributed by atoms with van der Waals surface area (Å²) in [5.41, 5.74) is 4.78. The van der Waals surface area contributed by atoms with Crippen LogP contribution in [0.4, 0.5) is 5.69 Å². The van der Waals surface area contributed by atoms with Gasteiger partial charge in [0.1, 0.15) is 11.5 Å². The van der Waals surface area contributed by atoms with E-state index in [9.17, 15) is 24.6 Å². The van der Waals surface area contributed by atoms with Crippen LogP contribution in [0.1, 0.15) is 72.5 Å². The van der Waals surface area contributed by atoms with Crippen LogP contribution in [-0.4, -0.2) is 38.0 Å². The van der Waals surface area contributed by atoms with Gasteiger partial charge < -0.3 is 20.4 Å². The monoisotopic (exact) mass is 455 g/mol. The molecular formula is C24H29N3O6. The maximum absolute atomic E-state index is 13.1. The van der Waals surface area contributed by atoms with Crippen molar-refractivity contribution in [3.8, 4) is 11.5 Å². The van der Waals surface area contributed by atoms with E-state index in [2.05, 4.69) is 5.32 Å². The summed E-state index contributed by atoms with van der Waals surface area (Å²) in [7, 11) is 0. The van der Waals surface area contributed by atoms with E-state index in [1.807, 2.05) is 26.0 Å². The van der Waals surface area contributed by atoms with Crippen LogP contribution >= 0.6 is 0 Å². The van der Waals surface area contributed by atoms with E-state index >= 15 is 0 Å². The number of nitrogens with zero attached hydrogens (tertiary/aromatic N) is 1. The minimum Gasteiger partial charge on any atom is -0.508 e. The molecule has 9 heteroatoms. The summed E-state index contributed by atoms with van der Waals surface area (Å²) < 4.78 is 0. The first kappa shape index (κ1) is 24.1. The number of hydrogen-bond acceptors (Lipinski definition) is 6. The highest BCUT2D eigenvalue weighted by atomic mass is 16.5. The van der Waals surface area contributed by atoms with Crippen molar-refractivity contribution in [1.29, 1.82) is 0 Å². The fourth-order valence-electron chi connectivity index (χ4n) is 3.86. The fourth-order valence-corrected chi connectivity index (χ4v) is 3.86. The third-order valence-corrected chi connectivity index (χ3v) is 5.68. The molecule has 2 aromatic carbocycles. The van der Waals surface area contributed by atoms with Crippen molar-refractivity contribution < 1.29 is 29.8 Å². The number of carbonyl (C=O) groups excluding carboxylic acids is 3. The summed E-state index contributed by atoms with van der Waals surface area (Å²) in [5, 5.41) is 31.6. The van der Waals surface area contributed by atoms with Crippen LogP contribution in [0.3, 0.4) is 0 Å². The lowest BCUT2D eigenvalue weighted by Crippen LogP contribution is -2.25. The molecule has 0 radical (unpaired) electrons. The summed E-state index contributed by atoms with van der Waals surface area (Å²) in [5.74, 6) is -1.30. The van der Waals surface area contributed by atoms with Crippen LogP contribution < -0.4 is 10.8 Å². The van der Waals surface area contributed by atoms with Gasteiger partial charge in [-0.2, -0.15) is 0 Å². The van der Waals surface area contributed by atoms with E-state index < -0.39 is 5.91 Å². The minimum absolute atomic E-state index is 0.00840. The first-order valence-electron chi connectivity index (χ1n) is 10.9. The summed E-state index contributed by atoms with van der Waals surface area (Å²) in [4.78, 5) is 37.8. The predicted octanol–water partition coefficient (Wildman–Crippen LogP) is 3.38. The molecular weight excluding hydrogens is 426 g/mol. The Hall–Kier alpha value is -3.59. The largest absolute Gasteiger partial charge is 0.508 e. The van der Waals surface area contributed by atoms with Gasteiger partial charge in [0.2, 0.25) is 11.8 Å². The Morgan fingerprint density at radius 3 is 2.27 bits per heavy atom. The lowest BCUT2D eigenvalue weighted by Gasteiger charge is -2.18. The summed E-state index contributed by atoms with van der Waals surface area (Å²) in [6.45, 7) is 4.51. The minimum atomic E-state index is -0.478. The number of benzene rings is 2. The molecule has 176 valence electrons. The van der Waals surface area contributed by atoms with Gasteiger partial charge in [-0.3, -0.25) is 19.6 Å². The van der Waals surface area contributed by atoms with Crippen LogP contribution in [0.2, 0.25) is 0 Å². The SMILES string of the molecule is CC(C)c1cc(C(=O)N2Cc3ccc(NC(=O)CCCCC(=O)NO)cc3C2)c(O)cc1O. The van der Waals surface area contributed by atoms with Gasteiger partial charge >= 0.3 is 0 Å². The first-order chi connectivity index (χ1) is 15.7. The number of fused-ring (bicyclic) bond motifs is 1. The Balaban J connectivity index is 1.62. The van der Waals surface area contributed by atoms with Crippen molar-refractivity contribution in [2.75, 3.05) is 5.32 Å². The average Bonchev–Trinajstić information content (AvgIpc) is 3.19. The standard InChI is InChI=1S/C24H29N3O6/c1-14(2)18-10-19(21(29)11-20(18)28)24(32)27-12-15-7-8-17(9-16(15)13-27)25-22(30)5-3-4-6-23(31)26-33/h7-11,14,28-29,33H,3-6,12-13H2,1-2H3,(H,25,30)(H,26,31). The molecule has 9 nitrogen and oxygen atoms in total. The number of unbranched alkanes of at least 4 members (excludes halogenated alkanes) is 1. The number of aromatic hydroxyl groups is 2. The van der Waals surface area contributed by atoms with Crippen molar-refractivity contribution in [3.63, 3.8) is 0 Å². The topological polar surface area (TPSA) is 139 Å². The Morgan fingerprint density at radius 1 is 0.939 bits per heavy atom. The maximum atomic E-state index is 13.1. The molecule has 1 aliphatic heterocycles. The summed E-state index contributed by atoms with van der Waals surface area (Å²) in [6.07, 6.45) is 1.41. The van der Waals surface area contributed by atoms with Gasteiger partial charge in [0.25, 0.3) is 5.91 Å². The van der Waals surface area contributed by atoms with Crippen LogP contribution in [0.15, 0.2) is 30.3 Å². The number of phenolic OH excluding ortho intramolecular Hbond substituents is 2. The predicted molar refractivity (Wildman–Crippen MR) is 121 cm³/mol. The lowest BCUT2D eigenvalue weighted by atomic mass is 9.98. The van der Waals surface area contributed by atoms with Crippen molar-refractivity contribution in [2.24, 2.45) is 0 Å². The third-order valence-electron chi connectivity index (χ3n) is 5.68. The van der Waals surface area contributed by atoms with E-state index in [0.29, 0.717) is 37.2 Å². The molecule has 0 bridgehead atoms. The number of amides is 3. The molecule has 0 aliphatic carbocycles. The number of nitrogens with one attached hydrogen (secondary N) is 2. The van der Waals surface area contributed by atoms with Crippen LogP contribution in [-0.2, 0) is 22.7 Å². The Labute approximate surface area is 192 Å². The zero-order chi connectivity index (χ0) is 24.1.